The number of H-pyrrole nitrogens is 1. The van der Waals surface area contributed by atoms with Crippen molar-refractivity contribution >= 4 is 40.9 Å². The number of carbonyl (C=O) groups is 3. The number of phenols is 1. The summed E-state index contributed by atoms with van der Waals surface area (Å²) in [6.45, 7) is -0.113. The van der Waals surface area contributed by atoms with Crippen LogP contribution in [0.15, 0.2) is 22.0 Å². The number of carboxylic acid groups (broad SMARTS) is 1. The number of hydrogen-bond acceptors (Lipinski definition) is 9. The number of nitrogens with zero attached hydrogens (tertiary/aromatic N) is 1. The van der Waals surface area contributed by atoms with Gasteiger partial charge in [0.1, 0.15) is 0 Å². The van der Waals surface area contributed by atoms with E-state index in [2.05, 4.69) is 4.98 Å². The van der Waals surface area contributed by atoms with E-state index >= 15 is 0 Å². The van der Waals surface area contributed by atoms with Crippen molar-refractivity contribution in [1.82, 2.24) is 9.88 Å². The van der Waals surface area contributed by atoms with E-state index in [1.165, 1.54) is 14.2 Å². The van der Waals surface area contributed by atoms with Gasteiger partial charge in [-0.25, -0.2) is 0 Å². The number of amides is 2. The predicted octanol–water partition coefficient (Wildman–Crippen LogP) is 2.11. The van der Waals surface area contributed by atoms with Gasteiger partial charge in [0.25, 0.3) is 0 Å². The molecule has 190 valence electrons. The molecule has 2 aliphatic heterocycles. The molecule has 1 aromatic heterocycles. The molecule has 36 heavy (non-hydrogen) atoms. The second-order valence-corrected chi connectivity index (χ2v) is 11.9. The largest absolute Gasteiger partial charge is 0.502 e. The van der Waals surface area contributed by atoms with Gasteiger partial charge in [0.05, 0.1) is 37.5 Å². The number of nitrogens with one attached hydrogen (secondary N) is 1. The van der Waals surface area contributed by atoms with Crippen LogP contribution in [-0.2, 0) is 14.4 Å². The summed E-state index contributed by atoms with van der Waals surface area (Å²) >= 11 is 2.71. The molecule has 0 spiro atoms. The molecule has 2 aliphatic carbocycles. The summed E-state index contributed by atoms with van der Waals surface area (Å²) in [5.74, 6) is -2.61. The Bertz CT molecular complexity index is 1330. The highest BCUT2D eigenvalue weighted by Crippen LogP contribution is 2.68. The third-order valence-electron chi connectivity index (χ3n) is 8.23. The number of hydrogen-bond donors (Lipinski definition) is 3. The van der Waals surface area contributed by atoms with E-state index in [1.807, 2.05) is 0 Å². The fraction of sp³-hybridized carbons (Fsp3) is 0.500. The van der Waals surface area contributed by atoms with Gasteiger partial charge >= 0.3 is 10.8 Å². The van der Waals surface area contributed by atoms with Crippen LogP contribution in [0.3, 0.4) is 0 Å². The monoisotopic (exact) mass is 532 g/mol. The topological polar surface area (TPSA) is 146 Å². The molecule has 2 amide bonds. The average molecular weight is 533 g/mol. The van der Waals surface area contributed by atoms with Crippen LogP contribution in [-0.4, -0.2) is 63.9 Å². The van der Waals surface area contributed by atoms with Crippen LogP contribution in [0.5, 0.6) is 17.2 Å². The maximum Gasteiger partial charge on any atom is 0.305 e. The Kier molecular flexibility index (Phi) is 5.38. The lowest BCUT2D eigenvalue weighted by Gasteiger charge is -2.43. The van der Waals surface area contributed by atoms with Gasteiger partial charge in [-0.3, -0.25) is 24.1 Å². The molecule has 2 aromatic rings. The third-order valence-corrected chi connectivity index (χ3v) is 10.8. The van der Waals surface area contributed by atoms with Crippen molar-refractivity contribution in [2.75, 3.05) is 20.8 Å². The molecule has 7 atom stereocenters. The molecule has 2 bridgehead atoms. The Morgan fingerprint density at radius 2 is 1.75 bits per heavy atom. The van der Waals surface area contributed by atoms with Gasteiger partial charge < -0.3 is 24.7 Å². The Hall–Kier alpha value is -2.99. The Labute approximate surface area is 213 Å². The summed E-state index contributed by atoms with van der Waals surface area (Å²) in [5.41, 5.74) is 0.803. The van der Waals surface area contributed by atoms with Crippen LogP contribution in [0.25, 0.3) is 0 Å². The number of aromatic amines is 1. The van der Waals surface area contributed by atoms with E-state index in [0.717, 1.165) is 38.1 Å². The number of benzene rings is 1. The van der Waals surface area contributed by atoms with E-state index in [4.69, 9.17) is 14.6 Å². The number of phenolic OH excluding ortho intramolecular Hbond substituents is 1. The quantitative estimate of drug-likeness (QED) is 0.476. The fourth-order valence-corrected chi connectivity index (χ4v) is 9.86. The minimum atomic E-state index is -1.05. The third kappa shape index (κ3) is 3.16. The van der Waals surface area contributed by atoms with Crippen molar-refractivity contribution in [1.29, 1.82) is 0 Å². The van der Waals surface area contributed by atoms with Crippen molar-refractivity contribution in [3.63, 3.8) is 0 Å². The zero-order chi connectivity index (χ0) is 25.5. The summed E-state index contributed by atoms with van der Waals surface area (Å²) in [6.07, 6.45) is 0.450. The molecule has 3 heterocycles. The molecule has 6 rings (SSSR count). The Morgan fingerprint density at radius 1 is 1.11 bits per heavy atom. The maximum absolute atomic E-state index is 13.4. The Morgan fingerprint density at radius 3 is 2.36 bits per heavy atom. The summed E-state index contributed by atoms with van der Waals surface area (Å²) < 4.78 is 10.8. The SMILES string of the molecule is COc1cc([C@@H]2c3sc(=O)[nH]c3S[C@@H]3[C@H]4C[C@@H]([C@@H]5C(=O)N(CCC(=O)O)C(=O)[C@H]45)[C@H]23)cc(OC)c1O. The van der Waals surface area contributed by atoms with Crippen molar-refractivity contribution in [3.05, 3.63) is 32.2 Å². The van der Waals surface area contributed by atoms with Crippen LogP contribution < -0.4 is 14.3 Å². The van der Waals surface area contributed by atoms with Gasteiger partial charge in [0.15, 0.2) is 11.5 Å². The molecule has 4 aliphatic rings. The van der Waals surface area contributed by atoms with Gasteiger partial charge in [0, 0.05) is 22.6 Å². The van der Waals surface area contributed by atoms with Crippen molar-refractivity contribution < 1.29 is 34.1 Å². The molecule has 10 nitrogen and oxygen atoms in total. The molecule has 12 heteroatoms. The molecule has 0 radical (unpaired) electrons. The van der Waals surface area contributed by atoms with Crippen molar-refractivity contribution in [2.24, 2.45) is 29.6 Å². The van der Waals surface area contributed by atoms with Gasteiger partial charge in [-0.05, 0) is 41.9 Å². The van der Waals surface area contributed by atoms with Gasteiger partial charge in [-0.2, -0.15) is 0 Å². The molecule has 0 unspecified atom stereocenters. The van der Waals surface area contributed by atoms with Crippen LogP contribution in [0.4, 0.5) is 0 Å². The number of aliphatic carboxylic acids is 1. The number of rotatable bonds is 6. The number of methoxy groups -OCH3 is 2. The zero-order valence-corrected chi connectivity index (χ0v) is 21.1. The second-order valence-electron chi connectivity index (χ2n) is 9.71. The van der Waals surface area contributed by atoms with Crippen LogP contribution in [0.2, 0.25) is 0 Å². The predicted molar refractivity (Wildman–Crippen MR) is 129 cm³/mol. The first-order valence-corrected chi connectivity index (χ1v) is 13.4. The lowest BCUT2D eigenvalue weighted by Crippen LogP contribution is -2.42. The van der Waals surface area contributed by atoms with Gasteiger partial charge in [-0.1, -0.05) is 11.3 Å². The number of likely N-dealkylation sites (tertiary alicyclic amines) is 1. The normalized spacial score (nSPS) is 31.8. The molecule has 1 saturated heterocycles. The van der Waals surface area contributed by atoms with Gasteiger partial charge in [0.2, 0.25) is 17.6 Å². The minimum Gasteiger partial charge on any atom is -0.502 e. The molecule has 2 saturated carbocycles. The number of carboxylic acids is 1. The second kappa shape index (κ2) is 8.27. The molecular formula is C24H24N2O8S2. The number of imide groups is 1. The molecule has 3 fully saturated rings. The van der Waals surface area contributed by atoms with Crippen molar-refractivity contribution in [3.8, 4) is 17.2 Å². The van der Waals surface area contributed by atoms with E-state index in [1.54, 1.807) is 23.9 Å². The van der Waals surface area contributed by atoms with Crippen LogP contribution in [0.1, 0.15) is 29.2 Å². The molecule has 1 aromatic carbocycles. The molecular weight excluding hydrogens is 508 g/mol. The highest BCUT2D eigenvalue weighted by molar-refractivity contribution is 8.00. The average Bonchev–Trinajstić information content (AvgIpc) is 3.57. The summed E-state index contributed by atoms with van der Waals surface area (Å²) in [6, 6.07) is 3.49. The fourth-order valence-electron chi connectivity index (χ4n) is 6.97. The van der Waals surface area contributed by atoms with Crippen LogP contribution in [0, 0.1) is 29.6 Å². The summed E-state index contributed by atoms with van der Waals surface area (Å²) in [4.78, 5) is 54.9. The number of aromatic nitrogens is 1. The smallest absolute Gasteiger partial charge is 0.305 e. The lowest BCUT2D eigenvalue weighted by atomic mass is 9.68. The van der Waals surface area contributed by atoms with E-state index in [-0.39, 0.29) is 75.8 Å². The summed E-state index contributed by atoms with van der Waals surface area (Å²) in [5, 5.41) is 20.3. The Balaban J connectivity index is 1.45. The van der Waals surface area contributed by atoms with Gasteiger partial charge in [-0.15, -0.1) is 11.8 Å². The van der Waals surface area contributed by atoms with E-state index < -0.39 is 17.8 Å². The van der Waals surface area contributed by atoms with Crippen LogP contribution >= 0.6 is 23.1 Å². The van der Waals surface area contributed by atoms with E-state index in [0.29, 0.717) is 0 Å². The number of fused-ring (bicyclic) bond motifs is 9. The van der Waals surface area contributed by atoms with Crippen molar-refractivity contribution in [2.45, 2.75) is 29.0 Å². The maximum atomic E-state index is 13.4. The number of thiazole rings is 1. The first-order chi connectivity index (χ1) is 17.2. The summed E-state index contributed by atoms with van der Waals surface area (Å²) in [7, 11) is 2.91. The molecule has 3 N–H and O–H groups in total. The number of ether oxygens (including phenoxy) is 2. The standard InChI is InChI=1S/C24H24N2O8S2/c1-33-11-5-8(6-12(34-2)18(11)29)14-15-9-7-10(19(15)35-21-20(14)36-24(32)25-21)17-16(9)22(30)26(23(17)31)4-3-13(27)28/h5-6,9-10,14-17,19,29H,3-4,7H2,1-2H3,(H,25,32)(H,27,28)/t9-,10+,14+,15-,16+,17-,19-/m1/s1. The number of aromatic hydroxyl groups is 1. The first kappa shape index (κ1) is 23.4. The lowest BCUT2D eigenvalue weighted by molar-refractivity contribution is -0.142. The zero-order valence-electron chi connectivity index (χ0n) is 19.4. The highest BCUT2D eigenvalue weighted by Gasteiger charge is 2.69. The minimum absolute atomic E-state index is 0.000895. The number of carbonyl (C=O) groups excluding carboxylic acids is 2. The van der Waals surface area contributed by atoms with E-state index in [9.17, 15) is 24.3 Å². The number of thioether (sulfide) groups is 1. The highest BCUT2D eigenvalue weighted by atomic mass is 32.2. The first-order valence-electron chi connectivity index (χ1n) is 11.7.